The Balaban J connectivity index is 1.74. The van der Waals surface area contributed by atoms with Crippen LogP contribution in [0.1, 0.15) is 35.6 Å². The van der Waals surface area contributed by atoms with Crippen LogP contribution in [0.2, 0.25) is 0 Å². The molecule has 4 heterocycles. The fraction of sp³-hybridized carbons (Fsp3) is 0.421. The van der Waals surface area contributed by atoms with Crippen molar-refractivity contribution in [3.05, 3.63) is 40.5 Å². The lowest BCUT2D eigenvalue weighted by Gasteiger charge is -2.27. The van der Waals surface area contributed by atoms with Crippen molar-refractivity contribution >= 4 is 0 Å². The number of aliphatic hydroxyl groups is 1. The van der Waals surface area contributed by atoms with Gasteiger partial charge in [-0.2, -0.15) is 18.4 Å². The molecule has 1 aromatic carbocycles. The number of aromatic nitrogens is 1. The number of nitriles is 1. The van der Waals surface area contributed by atoms with Crippen molar-refractivity contribution < 1.29 is 38.0 Å². The Labute approximate surface area is 162 Å². The molecule has 1 aromatic heterocycles. The Morgan fingerprint density at radius 3 is 2.52 bits per heavy atom. The number of epoxide rings is 1. The van der Waals surface area contributed by atoms with Crippen molar-refractivity contribution in [2.24, 2.45) is 0 Å². The van der Waals surface area contributed by atoms with Gasteiger partial charge in [-0.1, -0.05) is 0 Å². The first-order valence-corrected chi connectivity index (χ1v) is 8.86. The van der Waals surface area contributed by atoms with Gasteiger partial charge in [0.05, 0.1) is 34.0 Å². The highest BCUT2D eigenvalue weighted by Crippen LogP contribution is 2.72. The van der Waals surface area contributed by atoms with Gasteiger partial charge in [0.15, 0.2) is 0 Å². The number of aliphatic hydroxyl groups excluding tert-OH is 1. The van der Waals surface area contributed by atoms with Gasteiger partial charge in [0.2, 0.25) is 11.8 Å². The van der Waals surface area contributed by atoms with Crippen LogP contribution in [0.15, 0.2) is 18.2 Å². The molecule has 3 aliphatic rings. The van der Waals surface area contributed by atoms with E-state index in [1.807, 2.05) is 0 Å². The number of rotatable bonds is 3. The fourth-order valence-electron chi connectivity index (χ4n) is 4.92. The van der Waals surface area contributed by atoms with Gasteiger partial charge in [0.1, 0.15) is 23.4 Å². The molecule has 3 N–H and O–H groups in total. The van der Waals surface area contributed by atoms with Crippen LogP contribution in [0.5, 0.6) is 11.8 Å². The van der Waals surface area contributed by atoms with E-state index in [1.165, 1.54) is 12.1 Å². The number of hydrogen-bond acceptors (Lipinski definition) is 6. The third-order valence-corrected chi connectivity index (χ3v) is 6.10. The summed E-state index contributed by atoms with van der Waals surface area (Å²) in [7, 11) is 0. The molecular weight excluding hydrogens is 393 g/mol. The van der Waals surface area contributed by atoms with Crippen molar-refractivity contribution in [1.29, 1.82) is 5.26 Å². The van der Waals surface area contributed by atoms with Crippen LogP contribution in [0.25, 0.3) is 5.69 Å². The molecule has 2 fully saturated rings. The van der Waals surface area contributed by atoms with Gasteiger partial charge in [-0.3, -0.25) is 4.57 Å². The van der Waals surface area contributed by atoms with Crippen LogP contribution >= 0.6 is 0 Å². The minimum Gasteiger partial charge on any atom is -0.494 e. The molecule has 152 valence electrons. The van der Waals surface area contributed by atoms with Crippen LogP contribution in [-0.4, -0.2) is 38.7 Å². The molecule has 5 rings (SSSR count). The Morgan fingerprint density at radius 2 is 1.90 bits per heavy atom. The first-order valence-electron chi connectivity index (χ1n) is 8.86. The summed E-state index contributed by atoms with van der Waals surface area (Å²) in [6, 6.07) is 4.39. The van der Waals surface area contributed by atoms with Gasteiger partial charge in [-0.25, -0.2) is 0 Å². The van der Waals surface area contributed by atoms with Crippen LogP contribution in [0.3, 0.4) is 0 Å². The Kier molecular flexibility index (Phi) is 3.31. The molecule has 7 nitrogen and oxygen atoms in total. The summed E-state index contributed by atoms with van der Waals surface area (Å²) in [4.78, 5) is 0. The lowest BCUT2D eigenvalue weighted by molar-refractivity contribution is -0.149. The van der Waals surface area contributed by atoms with Crippen LogP contribution < -0.4 is 0 Å². The van der Waals surface area contributed by atoms with Crippen molar-refractivity contribution in [3.63, 3.8) is 0 Å². The topological polar surface area (TPSA) is 111 Å². The normalized spacial score (nSPS) is 31.4. The second-order valence-corrected chi connectivity index (χ2v) is 7.62. The standard InChI is InChI=1S/C19H15F3N2O5/c1-17-11-12(18(29-17,4-5-25)14-13(17)28-14)16(27)24(15(11)26)9-3-2-8(7-23)10(6-9)19(20,21)22/h2-3,6,13-14,25-27H,4-5H2,1H3/t13-,14+,17+,18-/m1/s1. The zero-order valence-corrected chi connectivity index (χ0v) is 15.0. The van der Waals surface area contributed by atoms with Crippen LogP contribution in [-0.2, 0) is 26.9 Å². The lowest BCUT2D eigenvalue weighted by atomic mass is 9.78. The van der Waals surface area contributed by atoms with E-state index in [9.17, 15) is 28.5 Å². The van der Waals surface area contributed by atoms with E-state index in [0.717, 1.165) is 10.6 Å². The molecule has 0 unspecified atom stereocenters. The maximum absolute atomic E-state index is 13.4. The van der Waals surface area contributed by atoms with Gasteiger partial charge >= 0.3 is 6.18 Å². The van der Waals surface area contributed by atoms with Gasteiger partial charge in [-0.05, 0) is 25.1 Å². The molecule has 0 radical (unpaired) electrons. The Hall–Kier alpha value is -2.74. The van der Waals surface area contributed by atoms with Gasteiger partial charge < -0.3 is 24.8 Å². The SMILES string of the molecule is C[C@]12O[C@](CCO)(c3c1c(O)n(-c1ccc(C#N)c(C(F)(F)F)c1)c3O)[C@H]1O[C@H]12. The smallest absolute Gasteiger partial charge is 0.417 e. The van der Waals surface area contributed by atoms with Crippen molar-refractivity contribution in [1.82, 2.24) is 4.57 Å². The average molecular weight is 408 g/mol. The molecule has 10 heteroatoms. The molecule has 29 heavy (non-hydrogen) atoms. The second-order valence-electron chi connectivity index (χ2n) is 7.62. The van der Waals surface area contributed by atoms with Crippen molar-refractivity contribution in [2.45, 2.75) is 42.9 Å². The first-order chi connectivity index (χ1) is 13.6. The van der Waals surface area contributed by atoms with E-state index in [4.69, 9.17) is 14.7 Å². The summed E-state index contributed by atoms with van der Waals surface area (Å²) >= 11 is 0. The number of benzene rings is 1. The Morgan fingerprint density at radius 1 is 1.21 bits per heavy atom. The molecule has 2 saturated heterocycles. The number of hydrogen-bond donors (Lipinski definition) is 3. The van der Waals surface area contributed by atoms with E-state index in [0.29, 0.717) is 6.07 Å². The molecule has 0 amide bonds. The number of aromatic hydroxyl groups is 2. The molecule has 2 aromatic rings. The van der Waals surface area contributed by atoms with Crippen molar-refractivity contribution in [2.75, 3.05) is 6.61 Å². The highest BCUT2D eigenvalue weighted by molar-refractivity contribution is 5.64. The summed E-state index contributed by atoms with van der Waals surface area (Å²) in [5.74, 6) is -0.951. The zero-order chi connectivity index (χ0) is 20.9. The lowest BCUT2D eigenvalue weighted by Crippen LogP contribution is -2.31. The van der Waals surface area contributed by atoms with Gasteiger partial charge in [0.25, 0.3) is 0 Å². The predicted octanol–water partition coefficient (Wildman–Crippen LogP) is 2.38. The maximum atomic E-state index is 13.4. The molecular formula is C19H15F3N2O5. The van der Waals surface area contributed by atoms with E-state index < -0.39 is 46.4 Å². The summed E-state index contributed by atoms with van der Waals surface area (Å²) in [5.41, 5.74) is -3.73. The molecule has 3 aliphatic heterocycles. The number of nitrogens with zero attached hydrogens (tertiary/aromatic N) is 2. The number of fused-ring (bicyclic) bond motifs is 8. The van der Waals surface area contributed by atoms with E-state index in [2.05, 4.69) is 0 Å². The summed E-state index contributed by atoms with van der Waals surface area (Å²) in [5, 5.41) is 40.3. The van der Waals surface area contributed by atoms with Gasteiger partial charge in [-0.15, -0.1) is 0 Å². The minimum atomic E-state index is -4.79. The molecule has 0 aliphatic carbocycles. The highest BCUT2D eigenvalue weighted by atomic mass is 19.4. The molecule has 0 spiro atoms. The minimum absolute atomic E-state index is 0.0922. The van der Waals surface area contributed by atoms with E-state index in [1.54, 1.807) is 6.92 Å². The highest BCUT2D eigenvalue weighted by Gasteiger charge is 2.79. The first kappa shape index (κ1) is 18.3. The van der Waals surface area contributed by atoms with Gasteiger partial charge in [0, 0.05) is 13.0 Å². The number of ether oxygens (including phenoxy) is 2. The predicted molar refractivity (Wildman–Crippen MR) is 89.3 cm³/mol. The molecule has 0 saturated carbocycles. The largest absolute Gasteiger partial charge is 0.494 e. The summed E-state index contributed by atoms with van der Waals surface area (Å²) < 4.78 is 52.7. The zero-order valence-electron chi connectivity index (χ0n) is 15.0. The average Bonchev–Trinajstić information content (AvgIpc) is 3.31. The second kappa shape index (κ2) is 5.24. The third kappa shape index (κ3) is 2.02. The number of alkyl halides is 3. The molecule has 2 bridgehead atoms. The summed E-state index contributed by atoms with van der Waals surface area (Å²) in [6.07, 6.45) is -5.49. The Bertz CT molecular complexity index is 1100. The van der Waals surface area contributed by atoms with Crippen molar-refractivity contribution in [3.8, 4) is 23.5 Å². The summed E-state index contributed by atoms with van der Waals surface area (Å²) in [6.45, 7) is 1.40. The van der Waals surface area contributed by atoms with Crippen LogP contribution in [0.4, 0.5) is 13.2 Å². The monoisotopic (exact) mass is 408 g/mol. The fourth-order valence-corrected chi connectivity index (χ4v) is 4.92. The maximum Gasteiger partial charge on any atom is 0.417 e. The molecule has 4 atom stereocenters. The van der Waals surface area contributed by atoms with E-state index >= 15 is 0 Å². The number of halogens is 3. The quantitative estimate of drug-likeness (QED) is 0.673. The van der Waals surface area contributed by atoms with E-state index in [-0.39, 0.29) is 35.9 Å². The van der Waals surface area contributed by atoms with Crippen LogP contribution in [0, 0.1) is 11.3 Å². The third-order valence-electron chi connectivity index (χ3n) is 6.10.